The Morgan fingerprint density at radius 1 is 1.02 bits per heavy atom. The van der Waals surface area contributed by atoms with E-state index in [-0.39, 0.29) is 46.3 Å². The molecule has 0 saturated heterocycles. The lowest BCUT2D eigenvalue weighted by Gasteiger charge is -2.59. The minimum Gasteiger partial charge on any atom is -0.511 e. The van der Waals surface area contributed by atoms with Crippen LogP contribution in [0.2, 0.25) is 0 Å². The van der Waals surface area contributed by atoms with Crippen molar-refractivity contribution in [2.45, 2.75) is 118 Å². The van der Waals surface area contributed by atoms with E-state index in [1.54, 1.807) is 6.92 Å². The molecule has 0 spiro atoms. The minimum absolute atomic E-state index is 0.0616. The van der Waals surface area contributed by atoms with Gasteiger partial charge in [0.25, 0.3) is 0 Å². The van der Waals surface area contributed by atoms with Crippen molar-refractivity contribution in [3.05, 3.63) is 51.0 Å². The van der Waals surface area contributed by atoms with Gasteiger partial charge < -0.3 is 20.4 Å². The van der Waals surface area contributed by atoms with Gasteiger partial charge in [0.1, 0.15) is 22.8 Å². The van der Waals surface area contributed by atoms with Crippen LogP contribution in [0, 0.1) is 28.1 Å². The van der Waals surface area contributed by atoms with Crippen LogP contribution in [0.5, 0.6) is 5.75 Å². The average Bonchev–Trinajstić information content (AvgIpc) is 3.31. The number of phenols is 1. The molecule has 4 atom stereocenters. The van der Waals surface area contributed by atoms with E-state index in [2.05, 4.69) is 20.8 Å². The maximum Gasteiger partial charge on any atom is 0.209 e. The standard InChI is InChI=1S/C36H48O7/c1-18(2)22-15-21(11-14-33(6)12-9-10-13-33)28(38)25-23(22)16-34(7)17-35(8)26(19(3)4)29(39)24(20(5)37)31(41)36(35,43)32(42)27(34)30(25)40/h15,18-19,26,38-39,42-43H,9-14,16-17H2,1-8H3/t26?,34-,35-,36+/m1/s1. The Hall–Kier alpha value is -2.93. The molecular formula is C36H48O7. The highest BCUT2D eigenvalue weighted by molar-refractivity contribution is 6.25. The summed E-state index contributed by atoms with van der Waals surface area (Å²) in [6.45, 7) is 14.7. The van der Waals surface area contributed by atoms with Crippen molar-refractivity contribution in [3.8, 4) is 5.75 Å². The first-order valence-electron chi connectivity index (χ1n) is 15.9. The summed E-state index contributed by atoms with van der Waals surface area (Å²) in [7, 11) is 0. The fourth-order valence-corrected chi connectivity index (χ4v) is 9.51. The molecule has 1 aromatic carbocycles. The molecule has 4 aliphatic rings. The van der Waals surface area contributed by atoms with E-state index in [4.69, 9.17) is 0 Å². The molecular weight excluding hydrogens is 544 g/mol. The summed E-state index contributed by atoms with van der Waals surface area (Å²) in [6.07, 6.45) is 6.60. The lowest BCUT2D eigenvalue weighted by atomic mass is 9.44. The monoisotopic (exact) mass is 592 g/mol. The van der Waals surface area contributed by atoms with E-state index in [1.807, 2.05) is 26.8 Å². The van der Waals surface area contributed by atoms with Crippen LogP contribution in [0.25, 0.3) is 0 Å². The summed E-state index contributed by atoms with van der Waals surface area (Å²) in [5.74, 6) is -4.70. The molecule has 4 N–H and O–H groups in total. The average molecular weight is 593 g/mol. The van der Waals surface area contributed by atoms with Gasteiger partial charge in [0.05, 0.1) is 5.56 Å². The van der Waals surface area contributed by atoms with Gasteiger partial charge in [-0.25, -0.2) is 0 Å². The number of rotatable bonds is 6. The quantitative estimate of drug-likeness (QED) is 0.262. The predicted octanol–water partition coefficient (Wildman–Crippen LogP) is 6.98. The molecule has 1 unspecified atom stereocenters. The molecule has 0 bridgehead atoms. The molecule has 0 aromatic heterocycles. The molecule has 0 amide bonds. The van der Waals surface area contributed by atoms with Crippen LogP contribution in [0.15, 0.2) is 28.7 Å². The van der Waals surface area contributed by atoms with Crippen LogP contribution in [-0.2, 0) is 22.4 Å². The molecule has 0 heterocycles. The number of carbonyl (C=O) groups is 3. The number of aromatic hydroxyl groups is 1. The summed E-state index contributed by atoms with van der Waals surface area (Å²) in [6, 6.07) is 2.04. The first-order chi connectivity index (χ1) is 19.8. The van der Waals surface area contributed by atoms with Gasteiger partial charge >= 0.3 is 0 Å². The van der Waals surface area contributed by atoms with Crippen molar-refractivity contribution < 1.29 is 34.8 Å². The van der Waals surface area contributed by atoms with Gasteiger partial charge in [0, 0.05) is 22.3 Å². The number of allylic oxidation sites excluding steroid dienone is 2. The third kappa shape index (κ3) is 4.27. The van der Waals surface area contributed by atoms with Crippen LogP contribution in [0.1, 0.15) is 127 Å². The summed E-state index contributed by atoms with van der Waals surface area (Å²) in [5, 5.41) is 47.2. The first kappa shape index (κ1) is 31.5. The van der Waals surface area contributed by atoms with Crippen molar-refractivity contribution in [1.29, 1.82) is 0 Å². The normalized spacial score (nSPS) is 31.9. The topological polar surface area (TPSA) is 132 Å². The van der Waals surface area contributed by atoms with Crippen molar-refractivity contribution in [2.24, 2.45) is 28.1 Å². The van der Waals surface area contributed by atoms with Gasteiger partial charge in [0.15, 0.2) is 17.2 Å². The molecule has 7 nitrogen and oxygen atoms in total. The van der Waals surface area contributed by atoms with E-state index < -0.39 is 51.0 Å². The number of aryl methyl sites for hydroxylation is 1. The molecule has 5 rings (SSSR count). The zero-order chi connectivity index (χ0) is 32.0. The highest BCUT2D eigenvalue weighted by atomic mass is 16.3. The Labute approximate surface area is 255 Å². The number of aliphatic hydroxyl groups excluding tert-OH is 2. The summed E-state index contributed by atoms with van der Waals surface area (Å²) < 4.78 is 0. The van der Waals surface area contributed by atoms with Crippen molar-refractivity contribution >= 4 is 17.3 Å². The fraction of sp³-hybridized carbons (Fsp3) is 0.639. The van der Waals surface area contributed by atoms with Crippen molar-refractivity contribution in [2.75, 3.05) is 0 Å². The Balaban J connectivity index is 1.73. The number of ketones is 3. The van der Waals surface area contributed by atoms with Crippen molar-refractivity contribution in [3.63, 3.8) is 0 Å². The van der Waals surface area contributed by atoms with E-state index in [0.717, 1.165) is 37.3 Å². The van der Waals surface area contributed by atoms with Gasteiger partial charge in [-0.15, -0.1) is 0 Å². The molecule has 4 aliphatic carbocycles. The Kier molecular flexibility index (Phi) is 7.36. The second kappa shape index (κ2) is 10.0. The Morgan fingerprint density at radius 2 is 1.63 bits per heavy atom. The SMILES string of the molecule is CC(=O)C1=C(O)C(C(C)C)[C@@]2(C)C[C@@]3(C)Cc4c(C(C)C)cc(CCC5(C)CCCC5)c(O)c4C(=O)C3=C(O)[C@@]2(O)C1=O. The number of benzene rings is 1. The molecule has 0 radical (unpaired) electrons. The number of Topliss-reactive ketones (excluding diaryl/α,β-unsaturated/α-hetero) is 3. The lowest BCUT2D eigenvalue weighted by Crippen LogP contribution is -2.67. The zero-order valence-electron chi connectivity index (χ0n) is 27.0. The second-order valence-corrected chi connectivity index (χ2v) is 15.5. The third-order valence-corrected chi connectivity index (χ3v) is 11.6. The van der Waals surface area contributed by atoms with Crippen LogP contribution in [-0.4, -0.2) is 43.4 Å². The molecule has 1 fully saturated rings. The predicted molar refractivity (Wildman–Crippen MR) is 164 cm³/mol. The summed E-state index contributed by atoms with van der Waals surface area (Å²) in [4.78, 5) is 41.0. The van der Waals surface area contributed by atoms with Crippen LogP contribution in [0.3, 0.4) is 0 Å². The Bertz CT molecular complexity index is 1490. The number of hydrogen-bond acceptors (Lipinski definition) is 7. The molecule has 1 aromatic rings. The van der Waals surface area contributed by atoms with Crippen LogP contribution in [0.4, 0.5) is 0 Å². The van der Waals surface area contributed by atoms with Crippen LogP contribution >= 0.6 is 0 Å². The minimum atomic E-state index is -2.59. The van der Waals surface area contributed by atoms with Crippen molar-refractivity contribution in [1.82, 2.24) is 0 Å². The smallest absolute Gasteiger partial charge is 0.209 e. The van der Waals surface area contributed by atoms with Gasteiger partial charge in [-0.05, 0) is 79.4 Å². The van der Waals surface area contributed by atoms with Gasteiger partial charge in [-0.3, -0.25) is 14.4 Å². The van der Waals surface area contributed by atoms with Gasteiger partial charge in [0.2, 0.25) is 5.78 Å². The number of phenolic OH excluding ortho intramolecular Hbond substituents is 1. The number of hydrogen-bond donors (Lipinski definition) is 4. The number of carbonyl (C=O) groups excluding carboxylic acids is 3. The highest BCUT2D eigenvalue weighted by Crippen LogP contribution is 2.65. The fourth-order valence-electron chi connectivity index (χ4n) is 9.51. The largest absolute Gasteiger partial charge is 0.511 e. The third-order valence-electron chi connectivity index (χ3n) is 11.6. The van der Waals surface area contributed by atoms with E-state index in [9.17, 15) is 34.8 Å². The molecule has 0 aliphatic heterocycles. The van der Waals surface area contributed by atoms with E-state index in [1.165, 1.54) is 12.8 Å². The van der Waals surface area contributed by atoms with Crippen LogP contribution < -0.4 is 0 Å². The zero-order valence-corrected chi connectivity index (χ0v) is 27.0. The molecule has 1 saturated carbocycles. The maximum atomic E-state index is 14.5. The van der Waals surface area contributed by atoms with Gasteiger partial charge in [-0.2, -0.15) is 0 Å². The number of aliphatic hydroxyl groups is 3. The van der Waals surface area contributed by atoms with Gasteiger partial charge in [-0.1, -0.05) is 67.4 Å². The van der Waals surface area contributed by atoms with E-state index >= 15 is 0 Å². The Morgan fingerprint density at radius 3 is 2.16 bits per heavy atom. The maximum absolute atomic E-state index is 14.5. The summed E-state index contributed by atoms with van der Waals surface area (Å²) in [5.41, 5.74) is -2.91. The highest BCUT2D eigenvalue weighted by Gasteiger charge is 2.71. The molecule has 43 heavy (non-hydrogen) atoms. The molecule has 7 heteroatoms. The van der Waals surface area contributed by atoms with E-state index in [0.29, 0.717) is 18.4 Å². The lowest BCUT2D eigenvalue weighted by molar-refractivity contribution is -0.171. The first-order valence-corrected chi connectivity index (χ1v) is 15.9. The second-order valence-electron chi connectivity index (χ2n) is 15.5. The molecule has 234 valence electrons. The number of fused-ring (bicyclic) bond motifs is 3. The summed E-state index contributed by atoms with van der Waals surface area (Å²) >= 11 is 0.